The van der Waals surface area contributed by atoms with E-state index in [1.165, 1.54) is 11.3 Å². The summed E-state index contributed by atoms with van der Waals surface area (Å²) < 4.78 is 0. The van der Waals surface area contributed by atoms with Gasteiger partial charge in [0.2, 0.25) is 0 Å². The Morgan fingerprint density at radius 1 is 1.44 bits per heavy atom. The number of halogens is 2. The highest BCUT2D eigenvalue weighted by Gasteiger charge is 2.12. The third-order valence-electron chi connectivity index (χ3n) is 2.14. The van der Waals surface area contributed by atoms with Crippen LogP contribution in [-0.4, -0.2) is 10.9 Å². The van der Waals surface area contributed by atoms with Gasteiger partial charge in [-0.3, -0.25) is 4.79 Å². The molecule has 2 rings (SSSR count). The maximum Gasteiger partial charge on any atom is 0.275 e. The van der Waals surface area contributed by atoms with Crippen LogP contribution in [0.3, 0.4) is 0 Å². The zero-order chi connectivity index (χ0) is 13.1. The van der Waals surface area contributed by atoms with Crippen molar-refractivity contribution in [1.29, 1.82) is 0 Å². The lowest BCUT2D eigenvalue weighted by Crippen LogP contribution is -2.13. The van der Waals surface area contributed by atoms with E-state index in [2.05, 4.69) is 10.3 Å². The molecular formula is C11H9Cl2N3OS. The number of carbonyl (C=O) groups excluding carboxylic acids is 1. The van der Waals surface area contributed by atoms with E-state index in [0.717, 1.165) is 0 Å². The van der Waals surface area contributed by atoms with Gasteiger partial charge in [-0.25, -0.2) is 4.98 Å². The third kappa shape index (κ3) is 3.00. The second-order valence-electron chi connectivity index (χ2n) is 3.41. The minimum Gasteiger partial charge on any atom is -0.325 e. The molecule has 0 aliphatic carbocycles. The van der Waals surface area contributed by atoms with Crippen LogP contribution in [-0.2, 0) is 6.54 Å². The Hall–Kier alpha value is -1.14. The number of hydrogen-bond donors (Lipinski definition) is 2. The van der Waals surface area contributed by atoms with Gasteiger partial charge in [0.1, 0.15) is 10.7 Å². The van der Waals surface area contributed by atoms with Crippen molar-refractivity contribution in [1.82, 2.24) is 4.98 Å². The van der Waals surface area contributed by atoms with Crippen molar-refractivity contribution in [2.24, 2.45) is 5.73 Å². The highest BCUT2D eigenvalue weighted by atomic mass is 35.5. The van der Waals surface area contributed by atoms with Gasteiger partial charge in [0.05, 0.1) is 10.7 Å². The monoisotopic (exact) mass is 301 g/mol. The molecule has 1 heterocycles. The molecular weight excluding hydrogens is 293 g/mol. The minimum absolute atomic E-state index is 0.319. The van der Waals surface area contributed by atoms with E-state index in [1.807, 2.05) is 0 Å². The zero-order valence-electron chi connectivity index (χ0n) is 9.11. The van der Waals surface area contributed by atoms with Crippen molar-refractivity contribution < 1.29 is 4.79 Å². The second-order valence-corrected chi connectivity index (χ2v) is 5.20. The number of nitrogens with one attached hydrogen (secondary N) is 1. The number of nitrogens with two attached hydrogens (primary N) is 1. The number of aromatic nitrogens is 1. The van der Waals surface area contributed by atoms with Crippen LogP contribution in [0.4, 0.5) is 5.69 Å². The van der Waals surface area contributed by atoms with Gasteiger partial charge in [0.25, 0.3) is 5.91 Å². The summed E-state index contributed by atoms with van der Waals surface area (Å²) in [6, 6.07) is 4.85. The summed E-state index contributed by atoms with van der Waals surface area (Å²) >= 11 is 13.1. The number of thiazole rings is 1. The van der Waals surface area contributed by atoms with Crippen LogP contribution in [0.5, 0.6) is 0 Å². The van der Waals surface area contributed by atoms with Gasteiger partial charge in [0, 0.05) is 16.9 Å². The van der Waals surface area contributed by atoms with Crippen molar-refractivity contribution in [3.63, 3.8) is 0 Å². The van der Waals surface area contributed by atoms with Gasteiger partial charge in [-0.15, -0.1) is 11.3 Å². The number of benzene rings is 1. The van der Waals surface area contributed by atoms with E-state index in [0.29, 0.717) is 33.0 Å². The van der Waals surface area contributed by atoms with Gasteiger partial charge in [0.15, 0.2) is 0 Å². The first-order valence-electron chi connectivity index (χ1n) is 5.01. The molecule has 1 aromatic heterocycles. The molecule has 0 bridgehead atoms. The van der Waals surface area contributed by atoms with Crippen molar-refractivity contribution in [2.45, 2.75) is 6.54 Å². The molecule has 0 unspecified atom stereocenters. The molecule has 94 valence electrons. The SMILES string of the molecule is NCc1nc(C(=O)Nc2ccc(Cl)cc2Cl)cs1. The van der Waals surface area contributed by atoms with Crippen LogP contribution in [0.25, 0.3) is 0 Å². The molecule has 3 N–H and O–H groups in total. The summed E-state index contributed by atoms with van der Waals surface area (Å²) in [6.07, 6.45) is 0. The van der Waals surface area contributed by atoms with Gasteiger partial charge >= 0.3 is 0 Å². The van der Waals surface area contributed by atoms with E-state index in [-0.39, 0.29) is 5.91 Å². The first-order chi connectivity index (χ1) is 8.60. The highest BCUT2D eigenvalue weighted by molar-refractivity contribution is 7.09. The number of carbonyl (C=O) groups is 1. The Bertz CT molecular complexity index is 585. The average Bonchev–Trinajstić information content (AvgIpc) is 2.81. The fraction of sp³-hybridized carbons (Fsp3) is 0.0909. The number of nitrogens with zero attached hydrogens (tertiary/aromatic N) is 1. The van der Waals surface area contributed by atoms with Crippen LogP contribution in [0.1, 0.15) is 15.5 Å². The minimum atomic E-state index is -0.324. The van der Waals surface area contributed by atoms with E-state index in [9.17, 15) is 4.79 Å². The summed E-state index contributed by atoms with van der Waals surface area (Å²) in [7, 11) is 0. The lowest BCUT2D eigenvalue weighted by Gasteiger charge is -2.05. The first-order valence-corrected chi connectivity index (χ1v) is 6.64. The smallest absolute Gasteiger partial charge is 0.275 e. The predicted molar refractivity (Wildman–Crippen MR) is 74.4 cm³/mol. The van der Waals surface area contributed by atoms with Gasteiger partial charge in [-0.2, -0.15) is 0 Å². The number of rotatable bonds is 3. The Kier molecular flexibility index (Phi) is 4.19. The van der Waals surface area contributed by atoms with E-state index in [1.54, 1.807) is 23.6 Å². The fourth-order valence-corrected chi connectivity index (χ4v) is 2.40. The summed E-state index contributed by atoms with van der Waals surface area (Å²) in [4.78, 5) is 16.0. The standard InChI is InChI=1S/C11H9Cl2N3OS/c12-6-1-2-8(7(13)3-6)16-11(17)9-5-18-10(4-14)15-9/h1-3,5H,4,14H2,(H,16,17). The highest BCUT2D eigenvalue weighted by Crippen LogP contribution is 2.25. The van der Waals surface area contributed by atoms with E-state index in [4.69, 9.17) is 28.9 Å². The first kappa shape index (κ1) is 13.3. The molecule has 1 aromatic carbocycles. The Morgan fingerprint density at radius 3 is 2.83 bits per heavy atom. The van der Waals surface area contributed by atoms with E-state index < -0.39 is 0 Å². The molecule has 0 aliphatic rings. The summed E-state index contributed by atoms with van der Waals surface area (Å²) in [5, 5.41) is 5.92. The fourth-order valence-electron chi connectivity index (χ4n) is 1.29. The molecule has 0 saturated carbocycles. The zero-order valence-corrected chi connectivity index (χ0v) is 11.4. The summed E-state index contributed by atoms with van der Waals surface area (Å²) in [5.74, 6) is -0.324. The van der Waals surface area contributed by atoms with Crippen LogP contribution in [0, 0.1) is 0 Å². The quantitative estimate of drug-likeness (QED) is 0.915. The maximum atomic E-state index is 11.9. The van der Waals surface area contributed by atoms with Crippen molar-refractivity contribution in [3.05, 3.63) is 44.3 Å². The van der Waals surface area contributed by atoms with E-state index >= 15 is 0 Å². The molecule has 0 saturated heterocycles. The molecule has 0 radical (unpaired) electrons. The molecule has 0 spiro atoms. The van der Waals surface area contributed by atoms with Gasteiger partial charge in [-0.1, -0.05) is 23.2 Å². The average molecular weight is 302 g/mol. The predicted octanol–water partition coefficient (Wildman–Crippen LogP) is 3.16. The van der Waals surface area contributed by atoms with Gasteiger partial charge in [-0.05, 0) is 18.2 Å². The molecule has 4 nitrogen and oxygen atoms in total. The number of anilines is 1. The Labute approximate surface area is 118 Å². The molecule has 0 fully saturated rings. The lowest BCUT2D eigenvalue weighted by molar-refractivity contribution is 0.102. The topological polar surface area (TPSA) is 68.0 Å². The lowest BCUT2D eigenvalue weighted by atomic mass is 10.3. The molecule has 1 amide bonds. The number of amides is 1. The van der Waals surface area contributed by atoms with Gasteiger partial charge < -0.3 is 11.1 Å². The second kappa shape index (κ2) is 5.67. The van der Waals surface area contributed by atoms with Crippen molar-refractivity contribution >= 4 is 46.1 Å². The molecule has 18 heavy (non-hydrogen) atoms. The molecule has 2 aromatic rings. The molecule has 7 heteroatoms. The maximum absolute atomic E-state index is 11.9. The summed E-state index contributed by atoms with van der Waals surface area (Å²) in [6.45, 7) is 0.319. The van der Waals surface area contributed by atoms with Crippen LogP contribution >= 0.6 is 34.5 Å². The Balaban J connectivity index is 2.16. The largest absolute Gasteiger partial charge is 0.325 e. The van der Waals surface area contributed by atoms with Crippen LogP contribution in [0.15, 0.2) is 23.6 Å². The molecule has 0 atom stereocenters. The van der Waals surface area contributed by atoms with Crippen LogP contribution < -0.4 is 11.1 Å². The summed E-state index contributed by atoms with van der Waals surface area (Å²) in [5.41, 5.74) is 6.26. The third-order valence-corrected chi connectivity index (χ3v) is 3.56. The van der Waals surface area contributed by atoms with Crippen LogP contribution in [0.2, 0.25) is 10.0 Å². The normalized spacial score (nSPS) is 10.4. The molecule has 0 aliphatic heterocycles. The van der Waals surface area contributed by atoms with Crippen molar-refractivity contribution in [3.8, 4) is 0 Å². The van der Waals surface area contributed by atoms with Crippen molar-refractivity contribution in [2.75, 3.05) is 5.32 Å². The number of hydrogen-bond acceptors (Lipinski definition) is 4. The Morgan fingerprint density at radius 2 is 2.22 bits per heavy atom.